The molecule has 0 saturated carbocycles. The first-order chi connectivity index (χ1) is 14.7. The van der Waals surface area contributed by atoms with Crippen LogP contribution in [0.3, 0.4) is 0 Å². The van der Waals surface area contributed by atoms with E-state index in [1.54, 1.807) is 0 Å². The highest BCUT2D eigenvalue weighted by atomic mass is 16.5. The topological polar surface area (TPSA) is 60.6 Å². The summed E-state index contributed by atoms with van der Waals surface area (Å²) in [5.74, 6) is 0.0553. The minimum absolute atomic E-state index is 0.0553. The second-order valence-corrected chi connectivity index (χ2v) is 7.90. The van der Waals surface area contributed by atoms with Gasteiger partial charge in [-0.05, 0) is 25.0 Å². The Labute approximate surface area is 177 Å². The Morgan fingerprint density at radius 2 is 1.90 bits per heavy atom. The van der Waals surface area contributed by atoms with Gasteiger partial charge in [0.2, 0.25) is 0 Å². The Morgan fingerprint density at radius 1 is 1.17 bits per heavy atom. The van der Waals surface area contributed by atoms with E-state index < -0.39 is 0 Å². The molecule has 0 aliphatic carbocycles. The highest BCUT2D eigenvalue weighted by Gasteiger charge is 2.20. The number of benzene rings is 2. The first-order valence-electron chi connectivity index (χ1n) is 10.6. The molecule has 156 valence electrons. The average molecular weight is 406 g/mol. The standard InChI is InChI=1S/C24H28N4O2/c1-27(18-23(29)25-15-22-13-8-14-30-22)16-20-17-28(21-11-6-3-7-12-21)26-24(20)19-9-4-2-5-10-19/h2-7,9-12,17,22H,8,13-16,18H2,1H3,(H,25,29)/p+1/t22-/m1/s1. The minimum atomic E-state index is 0.0553. The normalized spacial score (nSPS) is 17.0. The van der Waals surface area contributed by atoms with Crippen molar-refractivity contribution < 1.29 is 14.4 Å². The molecule has 6 nitrogen and oxygen atoms in total. The Balaban J connectivity index is 1.46. The van der Waals surface area contributed by atoms with Gasteiger partial charge in [-0.15, -0.1) is 0 Å². The number of carbonyl (C=O) groups excluding carboxylic acids is 1. The summed E-state index contributed by atoms with van der Waals surface area (Å²) in [6.45, 7) is 2.54. The minimum Gasteiger partial charge on any atom is -0.376 e. The molecule has 1 aliphatic rings. The van der Waals surface area contributed by atoms with E-state index in [1.807, 2.05) is 60.3 Å². The number of hydrogen-bond donors (Lipinski definition) is 2. The molecule has 2 N–H and O–H groups in total. The fourth-order valence-electron chi connectivity index (χ4n) is 3.85. The van der Waals surface area contributed by atoms with Gasteiger partial charge in [-0.3, -0.25) is 4.79 Å². The first kappa shape index (κ1) is 20.3. The van der Waals surface area contributed by atoms with Crippen molar-refractivity contribution in [3.05, 3.63) is 72.4 Å². The van der Waals surface area contributed by atoms with Gasteiger partial charge in [0.15, 0.2) is 6.54 Å². The van der Waals surface area contributed by atoms with Crippen LogP contribution >= 0.6 is 0 Å². The maximum Gasteiger partial charge on any atom is 0.275 e. The lowest BCUT2D eigenvalue weighted by atomic mass is 10.1. The van der Waals surface area contributed by atoms with Crippen molar-refractivity contribution in [3.63, 3.8) is 0 Å². The van der Waals surface area contributed by atoms with Gasteiger partial charge in [0.05, 0.1) is 24.4 Å². The number of amides is 1. The molecule has 0 bridgehead atoms. The van der Waals surface area contributed by atoms with Gasteiger partial charge in [-0.25, -0.2) is 4.68 Å². The van der Waals surface area contributed by atoms with E-state index in [2.05, 4.69) is 23.6 Å². The third-order valence-corrected chi connectivity index (χ3v) is 5.36. The smallest absolute Gasteiger partial charge is 0.275 e. The van der Waals surface area contributed by atoms with Crippen molar-refractivity contribution in [1.29, 1.82) is 0 Å². The monoisotopic (exact) mass is 405 g/mol. The van der Waals surface area contributed by atoms with Crippen LogP contribution in [0.5, 0.6) is 0 Å². The predicted molar refractivity (Wildman–Crippen MR) is 116 cm³/mol. The maximum absolute atomic E-state index is 12.4. The molecule has 1 amide bonds. The SMILES string of the molecule is C[NH+](CC(=O)NC[C@H]1CCCO1)Cc1cn(-c2ccccc2)nc1-c1ccccc1. The van der Waals surface area contributed by atoms with E-state index in [1.165, 1.54) is 0 Å². The molecule has 2 atom stereocenters. The van der Waals surface area contributed by atoms with Gasteiger partial charge in [-0.1, -0.05) is 48.5 Å². The summed E-state index contributed by atoms with van der Waals surface area (Å²) >= 11 is 0. The number of hydrogen-bond acceptors (Lipinski definition) is 3. The summed E-state index contributed by atoms with van der Waals surface area (Å²) in [5, 5.41) is 7.87. The number of quaternary nitrogens is 1. The van der Waals surface area contributed by atoms with E-state index >= 15 is 0 Å². The fourth-order valence-corrected chi connectivity index (χ4v) is 3.85. The average Bonchev–Trinajstić information content (AvgIpc) is 3.43. The Hall–Kier alpha value is -2.96. The summed E-state index contributed by atoms with van der Waals surface area (Å²) in [6, 6.07) is 20.3. The Kier molecular flexibility index (Phi) is 6.57. The van der Waals surface area contributed by atoms with Crippen molar-refractivity contribution in [2.45, 2.75) is 25.5 Å². The summed E-state index contributed by atoms with van der Waals surface area (Å²) in [4.78, 5) is 13.5. The van der Waals surface area contributed by atoms with Crippen LogP contribution in [0.4, 0.5) is 0 Å². The van der Waals surface area contributed by atoms with Crippen LogP contribution in [0.2, 0.25) is 0 Å². The number of nitrogens with zero attached hydrogens (tertiary/aromatic N) is 2. The summed E-state index contributed by atoms with van der Waals surface area (Å²) < 4.78 is 7.50. The molecular weight excluding hydrogens is 376 g/mol. The predicted octanol–water partition coefficient (Wildman–Crippen LogP) is 1.85. The molecule has 1 aliphatic heterocycles. The van der Waals surface area contributed by atoms with Crippen molar-refractivity contribution in [3.8, 4) is 16.9 Å². The third kappa shape index (κ3) is 5.14. The van der Waals surface area contributed by atoms with Gasteiger partial charge in [0.1, 0.15) is 12.2 Å². The van der Waals surface area contributed by atoms with E-state index in [0.29, 0.717) is 19.6 Å². The number of nitrogens with one attached hydrogen (secondary N) is 2. The maximum atomic E-state index is 12.4. The molecule has 0 spiro atoms. The molecule has 1 fully saturated rings. The second kappa shape index (κ2) is 9.69. The molecule has 1 saturated heterocycles. The van der Waals surface area contributed by atoms with E-state index in [0.717, 1.165) is 46.9 Å². The number of carbonyl (C=O) groups is 1. The summed E-state index contributed by atoms with van der Waals surface area (Å²) in [5.41, 5.74) is 4.18. The zero-order chi connectivity index (χ0) is 20.8. The lowest BCUT2D eigenvalue weighted by Gasteiger charge is -2.15. The second-order valence-electron chi connectivity index (χ2n) is 7.90. The number of aromatic nitrogens is 2. The quantitative estimate of drug-likeness (QED) is 0.601. The van der Waals surface area contributed by atoms with E-state index in [4.69, 9.17) is 9.84 Å². The largest absolute Gasteiger partial charge is 0.376 e. The van der Waals surface area contributed by atoms with Crippen LogP contribution in [-0.2, 0) is 16.1 Å². The molecule has 1 aromatic heterocycles. The Bertz CT molecular complexity index is 950. The van der Waals surface area contributed by atoms with Crippen LogP contribution in [0.25, 0.3) is 16.9 Å². The van der Waals surface area contributed by atoms with Crippen LogP contribution in [0.15, 0.2) is 66.9 Å². The van der Waals surface area contributed by atoms with Crippen LogP contribution in [-0.4, -0.2) is 48.5 Å². The fraction of sp³-hybridized carbons (Fsp3) is 0.333. The number of para-hydroxylation sites is 1. The molecule has 30 heavy (non-hydrogen) atoms. The lowest BCUT2D eigenvalue weighted by Crippen LogP contribution is -3.08. The van der Waals surface area contributed by atoms with Gasteiger partial charge < -0.3 is 15.0 Å². The number of ether oxygens (including phenoxy) is 1. The summed E-state index contributed by atoms with van der Waals surface area (Å²) in [7, 11) is 2.04. The number of likely N-dealkylation sites (N-methyl/N-ethyl adjacent to an activating group) is 1. The van der Waals surface area contributed by atoms with Crippen molar-refractivity contribution in [2.24, 2.45) is 0 Å². The van der Waals surface area contributed by atoms with Gasteiger partial charge in [-0.2, -0.15) is 5.10 Å². The van der Waals surface area contributed by atoms with Gasteiger partial charge in [0.25, 0.3) is 5.91 Å². The van der Waals surface area contributed by atoms with Crippen LogP contribution < -0.4 is 10.2 Å². The highest BCUT2D eigenvalue weighted by Crippen LogP contribution is 2.23. The van der Waals surface area contributed by atoms with Crippen molar-refractivity contribution in [1.82, 2.24) is 15.1 Å². The lowest BCUT2D eigenvalue weighted by molar-refractivity contribution is -0.885. The molecule has 0 radical (unpaired) electrons. The van der Waals surface area contributed by atoms with Crippen LogP contribution in [0.1, 0.15) is 18.4 Å². The zero-order valence-corrected chi connectivity index (χ0v) is 17.4. The highest BCUT2D eigenvalue weighted by molar-refractivity contribution is 5.76. The molecule has 4 rings (SSSR count). The van der Waals surface area contributed by atoms with Gasteiger partial charge >= 0.3 is 0 Å². The molecule has 3 aromatic rings. The first-order valence-corrected chi connectivity index (χ1v) is 10.6. The van der Waals surface area contributed by atoms with E-state index in [-0.39, 0.29) is 12.0 Å². The third-order valence-electron chi connectivity index (χ3n) is 5.36. The van der Waals surface area contributed by atoms with Crippen molar-refractivity contribution in [2.75, 3.05) is 26.7 Å². The Morgan fingerprint density at radius 3 is 2.60 bits per heavy atom. The molecule has 2 aromatic carbocycles. The van der Waals surface area contributed by atoms with E-state index in [9.17, 15) is 4.79 Å². The molecule has 2 heterocycles. The zero-order valence-electron chi connectivity index (χ0n) is 17.4. The molecular formula is C24H29N4O2+. The van der Waals surface area contributed by atoms with Crippen molar-refractivity contribution >= 4 is 5.91 Å². The molecule has 1 unspecified atom stereocenters. The summed E-state index contributed by atoms with van der Waals surface area (Å²) in [6.07, 6.45) is 4.36. The van der Waals surface area contributed by atoms with Crippen LogP contribution in [0, 0.1) is 0 Å². The number of rotatable bonds is 8. The molecule has 6 heteroatoms. The van der Waals surface area contributed by atoms with Gasteiger partial charge in [0, 0.05) is 24.9 Å².